The zero-order valence-electron chi connectivity index (χ0n) is 14.0. The summed E-state index contributed by atoms with van der Waals surface area (Å²) in [6, 6.07) is 15.2. The van der Waals surface area contributed by atoms with Crippen LogP contribution in [0.2, 0.25) is 0 Å². The van der Waals surface area contributed by atoms with Crippen LogP contribution in [0.25, 0.3) is 11.4 Å². The molecule has 1 amide bonds. The monoisotopic (exact) mass is 336 g/mol. The minimum atomic E-state index is -0.172. The van der Waals surface area contributed by atoms with Crippen LogP contribution in [-0.2, 0) is 6.42 Å². The van der Waals surface area contributed by atoms with Gasteiger partial charge in [-0.25, -0.2) is 0 Å². The van der Waals surface area contributed by atoms with Crippen LogP contribution in [0.1, 0.15) is 22.5 Å². The summed E-state index contributed by atoms with van der Waals surface area (Å²) in [6.07, 6.45) is 3.36. The molecule has 0 spiro atoms. The largest absolute Gasteiger partial charge is 0.496 e. The fraction of sp³-hybridized carbons (Fsp3) is 0.211. The van der Waals surface area contributed by atoms with Gasteiger partial charge in [-0.3, -0.25) is 14.9 Å². The number of H-pyrrole nitrogens is 1. The van der Waals surface area contributed by atoms with Gasteiger partial charge in [-0.2, -0.15) is 5.10 Å². The van der Waals surface area contributed by atoms with E-state index in [0.717, 1.165) is 29.8 Å². The molecule has 0 aliphatic carbocycles. The summed E-state index contributed by atoms with van der Waals surface area (Å²) in [4.78, 5) is 16.4. The van der Waals surface area contributed by atoms with Crippen LogP contribution < -0.4 is 10.1 Å². The van der Waals surface area contributed by atoms with E-state index in [1.807, 2.05) is 42.5 Å². The number of nitrogens with one attached hydrogen (secondary N) is 2. The predicted octanol–water partition coefficient (Wildman–Crippen LogP) is 2.84. The molecule has 0 saturated heterocycles. The summed E-state index contributed by atoms with van der Waals surface area (Å²) in [5, 5.41) is 9.80. The first-order chi connectivity index (χ1) is 12.3. The summed E-state index contributed by atoms with van der Waals surface area (Å²) in [7, 11) is 1.66. The van der Waals surface area contributed by atoms with Crippen molar-refractivity contribution in [3.63, 3.8) is 0 Å². The third kappa shape index (κ3) is 4.23. The van der Waals surface area contributed by atoms with E-state index in [4.69, 9.17) is 4.74 Å². The van der Waals surface area contributed by atoms with Gasteiger partial charge in [-0.05, 0) is 42.7 Å². The second-order valence-electron chi connectivity index (χ2n) is 5.55. The second kappa shape index (κ2) is 8.10. The Kier molecular flexibility index (Phi) is 5.41. The number of para-hydroxylation sites is 1. The van der Waals surface area contributed by atoms with Crippen molar-refractivity contribution >= 4 is 5.91 Å². The van der Waals surface area contributed by atoms with Crippen molar-refractivity contribution in [3.05, 3.63) is 66.0 Å². The number of ether oxygens (including phenoxy) is 1. The maximum absolute atomic E-state index is 12.2. The molecule has 0 saturated carbocycles. The Balaban J connectivity index is 1.51. The first-order valence-corrected chi connectivity index (χ1v) is 8.15. The fourth-order valence-corrected chi connectivity index (χ4v) is 2.57. The molecule has 3 rings (SSSR count). The minimum Gasteiger partial charge on any atom is -0.496 e. The van der Waals surface area contributed by atoms with Gasteiger partial charge in [0.2, 0.25) is 0 Å². The van der Waals surface area contributed by atoms with Crippen molar-refractivity contribution in [1.82, 2.24) is 20.5 Å². The lowest BCUT2D eigenvalue weighted by Crippen LogP contribution is -2.25. The van der Waals surface area contributed by atoms with Gasteiger partial charge >= 0.3 is 0 Å². The Morgan fingerprint density at radius 3 is 2.80 bits per heavy atom. The number of hydrogen-bond acceptors (Lipinski definition) is 4. The minimum absolute atomic E-state index is 0.172. The summed E-state index contributed by atoms with van der Waals surface area (Å²) in [5.74, 6) is 0.706. The lowest BCUT2D eigenvalue weighted by molar-refractivity contribution is 0.0948. The molecule has 1 aromatic carbocycles. The first kappa shape index (κ1) is 16.7. The zero-order valence-corrected chi connectivity index (χ0v) is 14.0. The number of pyridine rings is 1. The SMILES string of the molecule is COc1ccccc1CCCNC(=O)c1cc(-c2ccccn2)n[nH]1. The number of rotatable bonds is 7. The van der Waals surface area contributed by atoms with Gasteiger partial charge in [0.25, 0.3) is 5.91 Å². The van der Waals surface area contributed by atoms with E-state index >= 15 is 0 Å². The topological polar surface area (TPSA) is 79.9 Å². The molecule has 0 radical (unpaired) electrons. The third-order valence-electron chi connectivity index (χ3n) is 3.85. The molecule has 0 unspecified atom stereocenters. The van der Waals surface area contributed by atoms with Gasteiger partial charge in [0, 0.05) is 12.7 Å². The molecule has 0 aliphatic rings. The number of carbonyl (C=O) groups excluding carboxylic acids is 1. The van der Waals surface area contributed by atoms with E-state index in [9.17, 15) is 4.79 Å². The van der Waals surface area contributed by atoms with Crippen LogP contribution in [0.3, 0.4) is 0 Å². The van der Waals surface area contributed by atoms with E-state index in [-0.39, 0.29) is 5.91 Å². The van der Waals surface area contributed by atoms with Crippen LogP contribution >= 0.6 is 0 Å². The normalized spacial score (nSPS) is 10.4. The number of methoxy groups -OCH3 is 1. The van der Waals surface area contributed by atoms with E-state index in [1.54, 1.807) is 19.4 Å². The van der Waals surface area contributed by atoms with E-state index in [2.05, 4.69) is 20.5 Å². The number of aryl methyl sites for hydroxylation is 1. The number of benzene rings is 1. The number of hydrogen-bond donors (Lipinski definition) is 2. The van der Waals surface area contributed by atoms with E-state index in [1.165, 1.54) is 0 Å². The number of carbonyl (C=O) groups is 1. The van der Waals surface area contributed by atoms with Crippen LogP contribution in [0.15, 0.2) is 54.7 Å². The average Bonchev–Trinajstić information content (AvgIpc) is 3.16. The van der Waals surface area contributed by atoms with Crippen molar-refractivity contribution in [3.8, 4) is 17.1 Å². The Morgan fingerprint density at radius 2 is 2.00 bits per heavy atom. The zero-order chi connectivity index (χ0) is 17.5. The highest BCUT2D eigenvalue weighted by atomic mass is 16.5. The average molecular weight is 336 g/mol. The Morgan fingerprint density at radius 1 is 1.16 bits per heavy atom. The van der Waals surface area contributed by atoms with Gasteiger partial charge in [0.1, 0.15) is 17.1 Å². The molecule has 3 aromatic rings. The van der Waals surface area contributed by atoms with Crippen molar-refractivity contribution < 1.29 is 9.53 Å². The fourth-order valence-electron chi connectivity index (χ4n) is 2.57. The molecule has 6 heteroatoms. The number of amides is 1. The van der Waals surface area contributed by atoms with Crippen molar-refractivity contribution in [2.24, 2.45) is 0 Å². The molecule has 25 heavy (non-hydrogen) atoms. The summed E-state index contributed by atoms with van der Waals surface area (Å²) >= 11 is 0. The van der Waals surface area contributed by atoms with Gasteiger partial charge in [-0.15, -0.1) is 0 Å². The smallest absolute Gasteiger partial charge is 0.269 e. The highest BCUT2D eigenvalue weighted by Crippen LogP contribution is 2.18. The molecular weight excluding hydrogens is 316 g/mol. The maximum atomic E-state index is 12.2. The Labute approximate surface area is 146 Å². The second-order valence-corrected chi connectivity index (χ2v) is 5.55. The van der Waals surface area contributed by atoms with Crippen LogP contribution in [-0.4, -0.2) is 34.7 Å². The maximum Gasteiger partial charge on any atom is 0.269 e. The van der Waals surface area contributed by atoms with Gasteiger partial charge in [-0.1, -0.05) is 24.3 Å². The van der Waals surface area contributed by atoms with Gasteiger partial charge in [0.15, 0.2) is 0 Å². The van der Waals surface area contributed by atoms with Gasteiger partial charge < -0.3 is 10.1 Å². The van der Waals surface area contributed by atoms with E-state index in [0.29, 0.717) is 17.9 Å². The molecule has 0 fully saturated rings. The Hall–Kier alpha value is -3.15. The molecule has 0 bridgehead atoms. The first-order valence-electron chi connectivity index (χ1n) is 8.15. The van der Waals surface area contributed by atoms with E-state index < -0.39 is 0 Å². The molecule has 128 valence electrons. The third-order valence-corrected chi connectivity index (χ3v) is 3.85. The lowest BCUT2D eigenvalue weighted by atomic mass is 10.1. The van der Waals surface area contributed by atoms with Gasteiger partial charge in [0.05, 0.1) is 12.8 Å². The molecule has 2 N–H and O–H groups in total. The number of aromatic amines is 1. The predicted molar refractivity (Wildman–Crippen MR) is 95.5 cm³/mol. The molecule has 2 heterocycles. The quantitative estimate of drug-likeness (QED) is 0.650. The molecule has 6 nitrogen and oxygen atoms in total. The summed E-state index contributed by atoms with van der Waals surface area (Å²) < 4.78 is 5.33. The Bertz CT molecular complexity index is 830. The van der Waals surface area contributed by atoms with Crippen molar-refractivity contribution in [1.29, 1.82) is 0 Å². The number of nitrogens with zero attached hydrogens (tertiary/aromatic N) is 2. The molecule has 0 atom stereocenters. The van der Waals surface area contributed by atoms with Crippen LogP contribution in [0.5, 0.6) is 5.75 Å². The standard InChI is InChI=1S/C19H20N4O2/c1-25-18-10-3-2-7-14(18)8-6-12-21-19(24)17-13-16(22-23-17)15-9-4-5-11-20-15/h2-5,7,9-11,13H,6,8,12H2,1H3,(H,21,24)(H,22,23). The number of aromatic nitrogens is 3. The summed E-state index contributed by atoms with van der Waals surface area (Å²) in [5.41, 5.74) is 2.95. The molecule has 2 aromatic heterocycles. The van der Waals surface area contributed by atoms with Crippen LogP contribution in [0, 0.1) is 0 Å². The van der Waals surface area contributed by atoms with Crippen molar-refractivity contribution in [2.45, 2.75) is 12.8 Å². The highest BCUT2D eigenvalue weighted by molar-refractivity contribution is 5.93. The molecular formula is C19H20N4O2. The van der Waals surface area contributed by atoms with Crippen LogP contribution in [0.4, 0.5) is 0 Å². The molecule has 0 aliphatic heterocycles. The summed E-state index contributed by atoms with van der Waals surface area (Å²) in [6.45, 7) is 0.578. The lowest BCUT2D eigenvalue weighted by Gasteiger charge is -2.08. The van der Waals surface area contributed by atoms with Crippen molar-refractivity contribution in [2.75, 3.05) is 13.7 Å². The highest BCUT2D eigenvalue weighted by Gasteiger charge is 2.11.